The van der Waals surface area contributed by atoms with E-state index in [9.17, 15) is 4.79 Å². The van der Waals surface area contributed by atoms with Crippen LogP contribution in [0.1, 0.15) is 35.3 Å². The van der Waals surface area contributed by atoms with Gasteiger partial charge >= 0.3 is 0 Å². The number of likely N-dealkylation sites (tertiary alicyclic amines) is 1. The van der Waals surface area contributed by atoms with Crippen molar-refractivity contribution in [1.82, 2.24) is 9.80 Å². The Hall–Kier alpha value is -1.65. The maximum atomic E-state index is 12.9. The minimum absolute atomic E-state index is 0.0111. The maximum Gasteiger partial charge on any atom is 0.230 e. The fourth-order valence-corrected chi connectivity index (χ4v) is 4.80. The molecule has 24 heavy (non-hydrogen) atoms. The molecule has 1 amide bonds. The lowest BCUT2D eigenvalue weighted by atomic mass is 9.92. The van der Waals surface area contributed by atoms with E-state index in [-0.39, 0.29) is 5.92 Å². The fourth-order valence-electron chi connectivity index (χ4n) is 3.91. The molecule has 3 nitrogen and oxygen atoms in total. The van der Waals surface area contributed by atoms with Crippen molar-refractivity contribution in [2.75, 3.05) is 19.6 Å². The third-order valence-corrected chi connectivity index (χ3v) is 6.46. The number of hydrogen-bond donors (Lipinski definition) is 0. The molecular formula is C20H24N2OS. The van der Waals surface area contributed by atoms with Crippen molar-refractivity contribution >= 4 is 17.2 Å². The van der Waals surface area contributed by atoms with Gasteiger partial charge in [0.25, 0.3) is 0 Å². The van der Waals surface area contributed by atoms with Gasteiger partial charge in [-0.05, 0) is 35.4 Å². The molecule has 1 atom stereocenters. The number of carbonyl (C=O) groups excluding carboxylic acids is 1. The lowest BCUT2D eigenvalue weighted by Crippen LogP contribution is -2.62. The van der Waals surface area contributed by atoms with Crippen molar-refractivity contribution in [3.05, 3.63) is 57.8 Å². The van der Waals surface area contributed by atoms with Gasteiger partial charge in [-0.15, -0.1) is 11.3 Å². The summed E-state index contributed by atoms with van der Waals surface area (Å²) in [4.78, 5) is 19.0. The minimum atomic E-state index is 0.0111. The van der Waals surface area contributed by atoms with Gasteiger partial charge in [-0.3, -0.25) is 9.69 Å². The zero-order chi connectivity index (χ0) is 16.5. The molecule has 0 spiro atoms. The summed E-state index contributed by atoms with van der Waals surface area (Å²) in [6, 6.07) is 13.0. The Labute approximate surface area is 147 Å². The van der Waals surface area contributed by atoms with E-state index in [2.05, 4.69) is 40.3 Å². The van der Waals surface area contributed by atoms with Crippen LogP contribution in [-0.2, 0) is 17.8 Å². The van der Waals surface area contributed by atoms with E-state index in [0.29, 0.717) is 11.9 Å². The van der Waals surface area contributed by atoms with Crippen molar-refractivity contribution in [1.29, 1.82) is 0 Å². The van der Waals surface area contributed by atoms with Crippen molar-refractivity contribution in [3.8, 4) is 0 Å². The van der Waals surface area contributed by atoms with E-state index in [4.69, 9.17) is 0 Å². The van der Waals surface area contributed by atoms with Crippen molar-refractivity contribution in [2.45, 2.75) is 38.3 Å². The Morgan fingerprint density at radius 1 is 1.25 bits per heavy atom. The van der Waals surface area contributed by atoms with E-state index in [1.807, 2.05) is 29.5 Å². The van der Waals surface area contributed by atoms with E-state index >= 15 is 0 Å². The second-order valence-corrected chi connectivity index (χ2v) is 7.86. The molecule has 1 saturated heterocycles. The van der Waals surface area contributed by atoms with Crippen LogP contribution in [0.2, 0.25) is 0 Å². The molecule has 2 aromatic rings. The van der Waals surface area contributed by atoms with Crippen LogP contribution >= 0.6 is 11.3 Å². The van der Waals surface area contributed by atoms with E-state index in [1.54, 1.807) is 4.88 Å². The summed E-state index contributed by atoms with van der Waals surface area (Å²) < 4.78 is 0. The largest absolute Gasteiger partial charge is 0.339 e. The predicted octanol–water partition coefficient (Wildman–Crippen LogP) is 3.51. The number of fused-ring (bicyclic) bond motifs is 1. The third-order valence-electron chi connectivity index (χ3n) is 5.44. The van der Waals surface area contributed by atoms with Crippen LogP contribution in [0.3, 0.4) is 0 Å². The van der Waals surface area contributed by atoms with Gasteiger partial charge in [-0.2, -0.15) is 0 Å². The summed E-state index contributed by atoms with van der Waals surface area (Å²) in [6.45, 7) is 6.08. The Balaban J connectivity index is 1.36. The Morgan fingerprint density at radius 3 is 2.79 bits per heavy atom. The van der Waals surface area contributed by atoms with Gasteiger partial charge < -0.3 is 4.90 Å². The highest BCUT2D eigenvalue weighted by atomic mass is 32.1. The Bertz CT molecular complexity index is 705. The molecular weight excluding hydrogens is 316 g/mol. The molecule has 126 valence electrons. The SMILES string of the molecule is CC[C@H](C(=O)N1CC(N2CCc3sccc3C2)C1)c1ccccc1. The zero-order valence-electron chi connectivity index (χ0n) is 14.1. The van der Waals surface area contributed by atoms with Gasteiger partial charge in [0.15, 0.2) is 0 Å². The van der Waals surface area contributed by atoms with Crippen LogP contribution in [-0.4, -0.2) is 41.4 Å². The minimum Gasteiger partial charge on any atom is -0.339 e. The number of nitrogens with zero attached hydrogens (tertiary/aromatic N) is 2. The lowest BCUT2D eigenvalue weighted by Gasteiger charge is -2.47. The Morgan fingerprint density at radius 2 is 2.04 bits per heavy atom. The summed E-state index contributed by atoms with van der Waals surface area (Å²) in [7, 11) is 0. The van der Waals surface area contributed by atoms with E-state index < -0.39 is 0 Å². The van der Waals surface area contributed by atoms with Gasteiger partial charge in [-0.25, -0.2) is 0 Å². The molecule has 1 aromatic carbocycles. The summed E-state index contributed by atoms with van der Waals surface area (Å²) in [5.41, 5.74) is 2.64. The number of thiophene rings is 1. The van der Waals surface area contributed by atoms with Crippen molar-refractivity contribution in [3.63, 3.8) is 0 Å². The first-order valence-corrected chi connectivity index (χ1v) is 9.77. The van der Waals surface area contributed by atoms with Gasteiger partial charge in [0.05, 0.1) is 5.92 Å². The quantitative estimate of drug-likeness (QED) is 0.850. The van der Waals surface area contributed by atoms with Gasteiger partial charge in [0.2, 0.25) is 5.91 Å². The van der Waals surface area contributed by atoms with E-state index in [1.165, 1.54) is 12.0 Å². The molecule has 4 rings (SSSR count). The highest BCUT2D eigenvalue weighted by Crippen LogP contribution is 2.30. The molecule has 0 radical (unpaired) electrons. The number of amides is 1. The lowest BCUT2D eigenvalue weighted by molar-refractivity contribution is -0.140. The van der Waals surface area contributed by atoms with Crippen LogP contribution in [0, 0.1) is 0 Å². The maximum absolute atomic E-state index is 12.9. The van der Waals surface area contributed by atoms with Gasteiger partial charge in [0.1, 0.15) is 0 Å². The van der Waals surface area contributed by atoms with Crippen LogP contribution in [0.4, 0.5) is 0 Å². The summed E-state index contributed by atoms with van der Waals surface area (Å²) in [6.07, 6.45) is 2.03. The molecule has 1 fully saturated rings. The number of carbonyl (C=O) groups is 1. The molecule has 1 aromatic heterocycles. The highest BCUT2D eigenvalue weighted by Gasteiger charge is 2.38. The summed E-state index contributed by atoms with van der Waals surface area (Å²) in [5, 5.41) is 2.20. The average molecular weight is 340 g/mol. The first-order valence-electron chi connectivity index (χ1n) is 8.89. The molecule has 0 unspecified atom stereocenters. The molecule has 0 aliphatic carbocycles. The topological polar surface area (TPSA) is 23.6 Å². The molecule has 4 heteroatoms. The normalized spacial score (nSPS) is 19.6. The first-order chi connectivity index (χ1) is 11.8. The highest BCUT2D eigenvalue weighted by molar-refractivity contribution is 7.10. The van der Waals surface area contributed by atoms with Gasteiger partial charge in [-0.1, -0.05) is 37.3 Å². The number of hydrogen-bond acceptors (Lipinski definition) is 3. The first kappa shape index (κ1) is 15.9. The summed E-state index contributed by atoms with van der Waals surface area (Å²) in [5.74, 6) is 0.310. The second-order valence-electron chi connectivity index (χ2n) is 6.86. The molecule has 0 bridgehead atoms. The molecule has 2 aliphatic rings. The predicted molar refractivity (Wildman–Crippen MR) is 98.3 cm³/mol. The second kappa shape index (κ2) is 6.69. The van der Waals surface area contributed by atoms with Crippen LogP contribution < -0.4 is 0 Å². The van der Waals surface area contributed by atoms with E-state index in [0.717, 1.165) is 38.2 Å². The monoisotopic (exact) mass is 340 g/mol. The fraction of sp³-hybridized carbons (Fsp3) is 0.450. The summed E-state index contributed by atoms with van der Waals surface area (Å²) >= 11 is 1.88. The molecule has 3 heterocycles. The smallest absolute Gasteiger partial charge is 0.230 e. The molecule has 0 saturated carbocycles. The number of rotatable bonds is 4. The zero-order valence-corrected chi connectivity index (χ0v) is 15.0. The number of benzene rings is 1. The van der Waals surface area contributed by atoms with Crippen LogP contribution in [0.15, 0.2) is 41.8 Å². The molecule has 0 N–H and O–H groups in total. The van der Waals surface area contributed by atoms with Crippen LogP contribution in [0.5, 0.6) is 0 Å². The van der Waals surface area contributed by atoms with Crippen molar-refractivity contribution in [2.24, 2.45) is 0 Å². The average Bonchev–Trinajstić information content (AvgIpc) is 3.03. The third kappa shape index (κ3) is 2.89. The Kier molecular flexibility index (Phi) is 4.42. The van der Waals surface area contributed by atoms with Crippen LogP contribution in [0.25, 0.3) is 0 Å². The standard InChI is InChI=1S/C20H24N2OS/c1-2-18(15-6-4-3-5-7-15)20(23)22-13-17(14-22)21-10-8-19-16(12-21)9-11-24-19/h3-7,9,11,17-18H,2,8,10,12-14H2,1H3/t18-/m0/s1. The molecule has 2 aliphatic heterocycles. The van der Waals surface area contributed by atoms with Crippen molar-refractivity contribution < 1.29 is 4.79 Å². The van der Waals surface area contributed by atoms with Gasteiger partial charge in [0, 0.05) is 37.1 Å².